The van der Waals surface area contributed by atoms with Crippen LogP contribution in [0.1, 0.15) is 19.3 Å². The third kappa shape index (κ3) is 1.53. The number of hydrogen-bond acceptors (Lipinski definition) is 2. The number of carbonyl (C=O) groups is 1. The van der Waals surface area contributed by atoms with Gasteiger partial charge in [-0.25, -0.2) is 0 Å². The lowest BCUT2D eigenvalue weighted by molar-refractivity contribution is -0.130. The molecule has 3 nitrogen and oxygen atoms in total. The molecule has 2 aliphatic rings. The molecule has 11 heavy (non-hydrogen) atoms. The molecule has 1 aliphatic carbocycles. The van der Waals surface area contributed by atoms with Crippen LogP contribution in [0.25, 0.3) is 0 Å². The monoisotopic (exact) mass is 154 g/mol. The van der Waals surface area contributed by atoms with Gasteiger partial charge in [-0.05, 0) is 12.8 Å². The highest BCUT2D eigenvalue weighted by atomic mass is 16.2. The van der Waals surface area contributed by atoms with Gasteiger partial charge in [0.15, 0.2) is 0 Å². The summed E-state index contributed by atoms with van der Waals surface area (Å²) in [6.45, 7) is 2.76. The first-order valence-corrected chi connectivity index (χ1v) is 4.38. The molecule has 1 saturated heterocycles. The fraction of sp³-hybridized carbons (Fsp3) is 0.875. The van der Waals surface area contributed by atoms with E-state index in [9.17, 15) is 4.79 Å². The van der Waals surface area contributed by atoms with E-state index in [0.717, 1.165) is 19.6 Å². The van der Waals surface area contributed by atoms with Crippen LogP contribution in [-0.4, -0.2) is 36.5 Å². The number of hydrogen-bond donors (Lipinski definition) is 1. The van der Waals surface area contributed by atoms with Crippen molar-refractivity contribution in [1.29, 1.82) is 0 Å². The summed E-state index contributed by atoms with van der Waals surface area (Å²) in [5.74, 6) is 0.345. The summed E-state index contributed by atoms with van der Waals surface area (Å²) in [6, 6.07) is 0.599. The number of amides is 1. The molecule has 3 heteroatoms. The van der Waals surface area contributed by atoms with E-state index in [2.05, 4.69) is 5.32 Å². The zero-order valence-corrected chi connectivity index (χ0v) is 6.68. The van der Waals surface area contributed by atoms with Crippen molar-refractivity contribution in [3.05, 3.63) is 0 Å². The van der Waals surface area contributed by atoms with Crippen molar-refractivity contribution in [2.75, 3.05) is 19.6 Å². The molecule has 0 unspecified atom stereocenters. The predicted molar refractivity (Wildman–Crippen MR) is 42.2 cm³/mol. The summed E-state index contributed by atoms with van der Waals surface area (Å²) in [6.07, 6.45) is 3.15. The van der Waals surface area contributed by atoms with Gasteiger partial charge in [-0.15, -0.1) is 0 Å². The molecule has 0 radical (unpaired) electrons. The van der Waals surface area contributed by atoms with Gasteiger partial charge in [-0.1, -0.05) is 0 Å². The SMILES string of the molecule is O=C1CCNCCN1C1CC1. The lowest BCUT2D eigenvalue weighted by Gasteiger charge is -2.18. The van der Waals surface area contributed by atoms with Crippen LogP contribution in [0.15, 0.2) is 0 Å². The van der Waals surface area contributed by atoms with Crippen LogP contribution >= 0.6 is 0 Å². The van der Waals surface area contributed by atoms with E-state index in [1.165, 1.54) is 12.8 Å². The summed E-state index contributed by atoms with van der Waals surface area (Å²) < 4.78 is 0. The van der Waals surface area contributed by atoms with Crippen molar-refractivity contribution in [3.8, 4) is 0 Å². The molecular formula is C8H14N2O. The molecule has 1 aliphatic heterocycles. The maximum absolute atomic E-state index is 11.4. The molecule has 1 N–H and O–H groups in total. The van der Waals surface area contributed by atoms with Gasteiger partial charge in [0.25, 0.3) is 0 Å². The highest BCUT2D eigenvalue weighted by Crippen LogP contribution is 2.27. The van der Waals surface area contributed by atoms with Crippen molar-refractivity contribution in [2.45, 2.75) is 25.3 Å². The predicted octanol–water partition coefficient (Wildman–Crippen LogP) is -0.0293. The Morgan fingerprint density at radius 1 is 1.36 bits per heavy atom. The van der Waals surface area contributed by atoms with Crippen molar-refractivity contribution in [3.63, 3.8) is 0 Å². The number of nitrogens with one attached hydrogen (secondary N) is 1. The van der Waals surface area contributed by atoms with Gasteiger partial charge in [-0.3, -0.25) is 4.79 Å². The quantitative estimate of drug-likeness (QED) is 0.575. The number of carbonyl (C=O) groups excluding carboxylic acids is 1. The average Bonchev–Trinajstić information content (AvgIpc) is 2.74. The van der Waals surface area contributed by atoms with Crippen molar-refractivity contribution in [1.82, 2.24) is 10.2 Å². The number of nitrogens with zero attached hydrogens (tertiary/aromatic N) is 1. The van der Waals surface area contributed by atoms with Crippen LogP contribution < -0.4 is 5.32 Å². The van der Waals surface area contributed by atoms with Crippen molar-refractivity contribution >= 4 is 5.91 Å². The van der Waals surface area contributed by atoms with Gasteiger partial charge < -0.3 is 10.2 Å². The van der Waals surface area contributed by atoms with Gasteiger partial charge >= 0.3 is 0 Å². The normalized spacial score (nSPS) is 26.9. The topological polar surface area (TPSA) is 32.3 Å². The first kappa shape index (κ1) is 7.10. The van der Waals surface area contributed by atoms with Crippen molar-refractivity contribution < 1.29 is 4.79 Å². The van der Waals surface area contributed by atoms with E-state index in [1.54, 1.807) is 0 Å². The van der Waals surface area contributed by atoms with E-state index < -0.39 is 0 Å². The second-order valence-corrected chi connectivity index (χ2v) is 3.32. The third-order valence-electron chi connectivity index (χ3n) is 2.35. The summed E-state index contributed by atoms with van der Waals surface area (Å²) in [7, 11) is 0. The second-order valence-electron chi connectivity index (χ2n) is 3.32. The van der Waals surface area contributed by atoms with Gasteiger partial charge in [0, 0.05) is 32.1 Å². The molecule has 1 amide bonds. The number of rotatable bonds is 1. The maximum atomic E-state index is 11.4. The van der Waals surface area contributed by atoms with Crippen LogP contribution in [0.2, 0.25) is 0 Å². The molecule has 0 spiro atoms. The Bertz CT molecular complexity index is 165. The Kier molecular flexibility index (Phi) is 1.82. The standard InChI is InChI=1S/C8H14N2O/c11-8-3-4-9-5-6-10(8)7-1-2-7/h7,9H,1-6H2. The molecule has 0 aromatic rings. The van der Waals surface area contributed by atoms with E-state index in [1.807, 2.05) is 4.90 Å². The first-order valence-electron chi connectivity index (χ1n) is 4.38. The molecule has 0 aromatic heterocycles. The summed E-state index contributed by atoms with van der Waals surface area (Å²) in [5.41, 5.74) is 0. The minimum Gasteiger partial charge on any atom is -0.338 e. The Morgan fingerprint density at radius 3 is 2.91 bits per heavy atom. The average molecular weight is 154 g/mol. The lowest BCUT2D eigenvalue weighted by atomic mass is 10.3. The molecule has 1 heterocycles. The molecule has 0 bridgehead atoms. The summed E-state index contributed by atoms with van der Waals surface area (Å²) in [4.78, 5) is 13.4. The lowest BCUT2D eigenvalue weighted by Crippen LogP contribution is -2.34. The summed E-state index contributed by atoms with van der Waals surface area (Å²) >= 11 is 0. The minimum atomic E-state index is 0.345. The fourth-order valence-electron chi connectivity index (χ4n) is 1.56. The molecule has 2 rings (SSSR count). The van der Waals surface area contributed by atoms with E-state index >= 15 is 0 Å². The highest BCUT2D eigenvalue weighted by Gasteiger charge is 2.32. The van der Waals surface area contributed by atoms with Gasteiger partial charge in [0.05, 0.1) is 0 Å². The van der Waals surface area contributed by atoms with Crippen LogP contribution in [0.3, 0.4) is 0 Å². The largest absolute Gasteiger partial charge is 0.338 e. The molecule has 1 saturated carbocycles. The zero-order chi connectivity index (χ0) is 7.68. The van der Waals surface area contributed by atoms with Crippen LogP contribution in [-0.2, 0) is 4.79 Å². The van der Waals surface area contributed by atoms with E-state index in [0.29, 0.717) is 18.4 Å². The van der Waals surface area contributed by atoms with Crippen molar-refractivity contribution in [2.24, 2.45) is 0 Å². The fourth-order valence-corrected chi connectivity index (χ4v) is 1.56. The van der Waals surface area contributed by atoms with E-state index in [4.69, 9.17) is 0 Å². The Labute approximate surface area is 66.8 Å². The molecular weight excluding hydrogens is 140 g/mol. The maximum Gasteiger partial charge on any atom is 0.224 e. The Hall–Kier alpha value is -0.570. The molecule has 0 atom stereocenters. The first-order chi connectivity index (χ1) is 5.38. The zero-order valence-electron chi connectivity index (χ0n) is 6.68. The molecule has 2 fully saturated rings. The van der Waals surface area contributed by atoms with Gasteiger partial charge in [0.2, 0.25) is 5.91 Å². The second kappa shape index (κ2) is 2.81. The smallest absolute Gasteiger partial charge is 0.224 e. The molecule has 62 valence electrons. The van der Waals surface area contributed by atoms with Crippen LogP contribution in [0, 0.1) is 0 Å². The highest BCUT2D eigenvalue weighted by molar-refractivity contribution is 5.77. The summed E-state index contributed by atoms with van der Waals surface area (Å²) in [5, 5.41) is 3.23. The van der Waals surface area contributed by atoms with E-state index in [-0.39, 0.29) is 0 Å². The minimum absolute atomic E-state index is 0.345. The van der Waals surface area contributed by atoms with Crippen LogP contribution in [0.4, 0.5) is 0 Å². The third-order valence-corrected chi connectivity index (χ3v) is 2.35. The Morgan fingerprint density at radius 2 is 2.18 bits per heavy atom. The molecule has 0 aromatic carbocycles. The van der Waals surface area contributed by atoms with Crippen LogP contribution in [0.5, 0.6) is 0 Å². The van der Waals surface area contributed by atoms with Gasteiger partial charge in [-0.2, -0.15) is 0 Å². The Balaban J connectivity index is 1.97. The van der Waals surface area contributed by atoms with Gasteiger partial charge in [0.1, 0.15) is 0 Å².